The Balaban J connectivity index is 1.97. The molecule has 0 saturated heterocycles. The molecule has 0 aliphatic carbocycles. The molecule has 2 heterocycles. The number of rotatable bonds is 4. The first-order valence-corrected chi connectivity index (χ1v) is 9.63. The van der Waals surface area contributed by atoms with Crippen LogP contribution in [-0.2, 0) is 7.05 Å². The van der Waals surface area contributed by atoms with Crippen molar-refractivity contribution in [3.63, 3.8) is 0 Å². The molecule has 0 radical (unpaired) electrons. The molecule has 3 rings (SSSR count). The van der Waals surface area contributed by atoms with Gasteiger partial charge >= 0.3 is 0 Å². The molecule has 1 aromatic carbocycles. The fourth-order valence-electron chi connectivity index (χ4n) is 2.93. The number of aromatic nitrogens is 3. The predicted octanol–water partition coefficient (Wildman–Crippen LogP) is 3.10. The Hall–Kier alpha value is -3.45. The van der Waals surface area contributed by atoms with Crippen LogP contribution >= 0.6 is 11.3 Å². The van der Waals surface area contributed by atoms with Gasteiger partial charge in [0, 0.05) is 18.7 Å². The van der Waals surface area contributed by atoms with E-state index in [4.69, 9.17) is 0 Å². The van der Waals surface area contributed by atoms with Gasteiger partial charge in [-0.2, -0.15) is 10.4 Å². The van der Waals surface area contributed by atoms with Crippen molar-refractivity contribution >= 4 is 17.2 Å². The summed E-state index contributed by atoms with van der Waals surface area (Å²) in [6, 6.07) is 3.24. The molecule has 1 amide bonds. The summed E-state index contributed by atoms with van der Waals surface area (Å²) >= 11 is 0.993. The lowest BCUT2D eigenvalue weighted by Crippen LogP contribution is -2.28. The van der Waals surface area contributed by atoms with Crippen LogP contribution in [-0.4, -0.2) is 20.7 Å². The summed E-state index contributed by atoms with van der Waals surface area (Å²) in [5.74, 6) is -2.37. The SMILES string of the molecule is Cc1nc(-c2c(C)c(C)nn(C)c2=O)sc1C(=O)NC(C#N)c1ccc(F)cc1F. The largest absolute Gasteiger partial charge is 0.332 e. The van der Waals surface area contributed by atoms with E-state index in [0.717, 1.165) is 23.5 Å². The molecule has 0 aliphatic rings. The highest BCUT2D eigenvalue weighted by Gasteiger charge is 2.24. The Morgan fingerprint density at radius 1 is 1.27 bits per heavy atom. The molecule has 1 N–H and O–H groups in total. The summed E-state index contributed by atoms with van der Waals surface area (Å²) in [5, 5.41) is 16.3. The summed E-state index contributed by atoms with van der Waals surface area (Å²) < 4.78 is 28.4. The molecule has 0 fully saturated rings. The van der Waals surface area contributed by atoms with Gasteiger partial charge in [0.05, 0.1) is 23.0 Å². The van der Waals surface area contributed by atoms with E-state index in [9.17, 15) is 23.6 Å². The zero-order chi connectivity index (χ0) is 22.2. The van der Waals surface area contributed by atoms with Crippen molar-refractivity contribution < 1.29 is 13.6 Å². The number of thiazole rings is 1. The number of carbonyl (C=O) groups is 1. The summed E-state index contributed by atoms with van der Waals surface area (Å²) in [6.45, 7) is 5.11. The second kappa shape index (κ2) is 8.12. The van der Waals surface area contributed by atoms with Crippen LogP contribution < -0.4 is 10.9 Å². The summed E-state index contributed by atoms with van der Waals surface area (Å²) in [4.78, 5) is 29.8. The molecule has 154 valence electrons. The molecule has 10 heteroatoms. The lowest BCUT2D eigenvalue weighted by Gasteiger charge is -2.12. The van der Waals surface area contributed by atoms with Crippen molar-refractivity contribution in [2.45, 2.75) is 26.8 Å². The second-order valence-electron chi connectivity index (χ2n) is 6.65. The van der Waals surface area contributed by atoms with E-state index in [1.165, 1.54) is 11.7 Å². The van der Waals surface area contributed by atoms with Crippen molar-refractivity contribution in [2.24, 2.45) is 7.05 Å². The van der Waals surface area contributed by atoms with Crippen LogP contribution in [0.3, 0.4) is 0 Å². The van der Waals surface area contributed by atoms with Crippen molar-refractivity contribution in [2.75, 3.05) is 0 Å². The second-order valence-corrected chi connectivity index (χ2v) is 7.65. The molecule has 1 unspecified atom stereocenters. The summed E-state index contributed by atoms with van der Waals surface area (Å²) in [7, 11) is 1.53. The minimum Gasteiger partial charge on any atom is -0.332 e. The van der Waals surface area contributed by atoms with Crippen LogP contribution in [0.4, 0.5) is 8.78 Å². The maximum absolute atomic E-state index is 14.0. The Morgan fingerprint density at radius 3 is 2.60 bits per heavy atom. The summed E-state index contributed by atoms with van der Waals surface area (Å²) in [6.07, 6.45) is 0. The Bertz CT molecular complexity index is 1260. The number of nitriles is 1. The van der Waals surface area contributed by atoms with Crippen LogP contribution in [0.15, 0.2) is 23.0 Å². The van der Waals surface area contributed by atoms with E-state index in [-0.39, 0.29) is 16.0 Å². The topological polar surface area (TPSA) is 101 Å². The molecular formula is C20H17F2N5O2S. The predicted molar refractivity (Wildman–Crippen MR) is 107 cm³/mol. The molecule has 0 aliphatic heterocycles. The molecule has 30 heavy (non-hydrogen) atoms. The first-order valence-electron chi connectivity index (χ1n) is 8.81. The van der Waals surface area contributed by atoms with E-state index >= 15 is 0 Å². The fraction of sp³-hybridized carbons (Fsp3) is 0.250. The Morgan fingerprint density at radius 2 is 1.97 bits per heavy atom. The van der Waals surface area contributed by atoms with Crippen LogP contribution in [0.5, 0.6) is 0 Å². The van der Waals surface area contributed by atoms with E-state index in [0.29, 0.717) is 33.6 Å². The summed E-state index contributed by atoms with van der Waals surface area (Å²) in [5.41, 5.74) is 1.52. The first kappa shape index (κ1) is 21.3. The number of halogens is 2. The number of hydrogen-bond acceptors (Lipinski definition) is 6. The van der Waals surface area contributed by atoms with E-state index < -0.39 is 23.6 Å². The third-order valence-corrected chi connectivity index (χ3v) is 5.79. The number of hydrogen-bond donors (Lipinski definition) is 1. The lowest BCUT2D eigenvalue weighted by molar-refractivity contribution is 0.0948. The molecule has 0 bridgehead atoms. The van der Waals surface area contributed by atoms with Gasteiger partial charge in [-0.15, -0.1) is 11.3 Å². The maximum Gasteiger partial charge on any atom is 0.277 e. The van der Waals surface area contributed by atoms with Gasteiger partial charge in [0.15, 0.2) is 0 Å². The number of amides is 1. The van der Waals surface area contributed by atoms with Crippen molar-refractivity contribution in [1.82, 2.24) is 20.1 Å². The van der Waals surface area contributed by atoms with Gasteiger partial charge in [-0.3, -0.25) is 9.59 Å². The van der Waals surface area contributed by atoms with Gasteiger partial charge < -0.3 is 5.32 Å². The van der Waals surface area contributed by atoms with Gasteiger partial charge in [0.25, 0.3) is 11.5 Å². The normalized spacial score (nSPS) is 11.8. The molecular weight excluding hydrogens is 412 g/mol. The zero-order valence-electron chi connectivity index (χ0n) is 16.6. The molecule has 3 aromatic rings. The highest BCUT2D eigenvalue weighted by molar-refractivity contribution is 7.17. The highest BCUT2D eigenvalue weighted by atomic mass is 32.1. The van der Waals surface area contributed by atoms with E-state index in [1.807, 2.05) is 0 Å². The molecule has 0 spiro atoms. The first-order chi connectivity index (χ1) is 14.1. The zero-order valence-corrected chi connectivity index (χ0v) is 17.4. The van der Waals surface area contributed by atoms with Crippen LogP contribution in [0.25, 0.3) is 10.6 Å². The number of nitrogens with one attached hydrogen (secondary N) is 1. The van der Waals surface area contributed by atoms with E-state index in [2.05, 4.69) is 15.4 Å². The third kappa shape index (κ3) is 3.84. The monoisotopic (exact) mass is 429 g/mol. The lowest BCUT2D eigenvalue weighted by atomic mass is 10.1. The van der Waals surface area contributed by atoms with Crippen LogP contribution in [0, 0.1) is 43.7 Å². The average Bonchev–Trinajstić information content (AvgIpc) is 3.06. The van der Waals surface area contributed by atoms with Crippen molar-refractivity contribution in [3.05, 3.63) is 67.6 Å². The molecule has 7 nitrogen and oxygen atoms in total. The van der Waals surface area contributed by atoms with Crippen molar-refractivity contribution in [1.29, 1.82) is 5.26 Å². The van der Waals surface area contributed by atoms with Gasteiger partial charge in [-0.05, 0) is 32.4 Å². The standard InChI is InChI=1S/C20H17F2N5O2S/c1-9-10(2)26-27(4)20(29)16(9)19-24-11(3)17(30-19)18(28)25-15(8-23)13-6-5-12(21)7-14(13)22/h5-7,15H,1-4H3,(H,25,28). The third-order valence-electron chi connectivity index (χ3n) is 4.62. The number of aryl methyl sites for hydroxylation is 3. The number of benzene rings is 1. The molecule has 1 atom stereocenters. The average molecular weight is 429 g/mol. The minimum absolute atomic E-state index is 0.149. The Kier molecular flexibility index (Phi) is 5.75. The maximum atomic E-state index is 14.0. The highest BCUT2D eigenvalue weighted by Crippen LogP contribution is 2.29. The van der Waals surface area contributed by atoms with Gasteiger partial charge in [-0.25, -0.2) is 18.4 Å². The Labute approximate surface area is 174 Å². The quantitative estimate of drug-likeness (QED) is 0.687. The van der Waals surface area contributed by atoms with Crippen LogP contribution in [0.2, 0.25) is 0 Å². The van der Waals surface area contributed by atoms with Crippen molar-refractivity contribution in [3.8, 4) is 16.6 Å². The minimum atomic E-state index is -1.32. The molecule has 2 aromatic heterocycles. The van der Waals surface area contributed by atoms with E-state index in [1.54, 1.807) is 26.8 Å². The van der Waals surface area contributed by atoms with Gasteiger partial charge in [0.1, 0.15) is 27.6 Å². The van der Waals surface area contributed by atoms with Gasteiger partial charge in [-0.1, -0.05) is 6.07 Å². The fourth-order valence-corrected chi connectivity index (χ4v) is 3.99. The van der Waals surface area contributed by atoms with Crippen LogP contribution in [0.1, 0.15) is 38.2 Å². The number of nitrogens with zero attached hydrogens (tertiary/aromatic N) is 4. The smallest absolute Gasteiger partial charge is 0.277 e. The number of carbonyl (C=O) groups excluding carboxylic acids is 1. The van der Waals surface area contributed by atoms with Gasteiger partial charge in [0.2, 0.25) is 0 Å². The molecule has 0 saturated carbocycles.